The minimum atomic E-state index is -1.68. The Morgan fingerprint density at radius 1 is 0.952 bits per heavy atom. The smallest absolute Gasteiger partial charge is 0.214 e. The van der Waals surface area contributed by atoms with Gasteiger partial charge in [0.05, 0.1) is 0 Å². The van der Waals surface area contributed by atoms with E-state index in [-0.39, 0.29) is 0 Å². The van der Waals surface area contributed by atoms with Crippen molar-refractivity contribution >= 4 is 8.32 Å². The highest BCUT2D eigenvalue weighted by molar-refractivity contribution is 6.78. The van der Waals surface area contributed by atoms with Gasteiger partial charge in [0.2, 0.25) is 8.32 Å². The average molecular weight is 311 g/mol. The molecular formula is C19H38OSi. The fourth-order valence-corrected chi connectivity index (χ4v) is 4.61. The van der Waals surface area contributed by atoms with Gasteiger partial charge in [-0.15, -0.1) is 6.58 Å². The Hall–Kier alpha value is -0.343. The van der Waals surface area contributed by atoms with Gasteiger partial charge in [0.25, 0.3) is 0 Å². The number of unbranched alkanes of at least 4 members (excludes halogenated alkanes) is 7. The van der Waals surface area contributed by atoms with Crippen LogP contribution in [0.25, 0.3) is 0 Å². The van der Waals surface area contributed by atoms with Crippen LogP contribution in [0.15, 0.2) is 23.9 Å². The van der Waals surface area contributed by atoms with Gasteiger partial charge in [-0.05, 0) is 38.8 Å². The molecule has 0 bridgehead atoms. The lowest BCUT2D eigenvalue weighted by molar-refractivity contribution is 0.304. The van der Waals surface area contributed by atoms with Gasteiger partial charge in [0.15, 0.2) is 0 Å². The van der Waals surface area contributed by atoms with E-state index in [1.54, 1.807) is 0 Å². The highest BCUT2D eigenvalue weighted by Gasteiger charge is 2.26. The van der Waals surface area contributed by atoms with Crippen LogP contribution in [0.5, 0.6) is 0 Å². The maximum Gasteiger partial charge on any atom is 0.214 e. The van der Waals surface area contributed by atoms with Gasteiger partial charge in [-0.2, -0.15) is 0 Å². The molecule has 0 saturated heterocycles. The van der Waals surface area contributed by atoms with E-state index in [4.69, 9.17) is 4.43 Å². The lowest BCUT2D eigenvalue weighted by Gasteiger charge is -2.26. The van der Waals surface area contributed by atoms with Gasteiger partial charge in [-0.3, -0.25) is 0 Å². The van der Waals surface area contributed by atoms with E-state index in [1.165, 1.54) is 63.0 Å². The van der Waals surface area contributed by atoms with Crippen molar-refractivity contribution in [2.24, 2.45) is 0 Å². The molecule has 0 saturated carbocycles. The van der Waals surface area contributed by atoms with Crippen LogP contribution in [-0.2, 0) is 4.43 Å². The van der Waals surface area contributed by atoms with Gasteiger partial charge < -0.3 is 4.43 Å². The number of allylic oxidation sites excluding steroid dienone is 3. The summed E-state index contributed by atoms with van der Waals surface area (Å²) in [5, 5.41) is 1.53. The molecule has 124 valence electrons. The third-order valence-electron chi connectivity index (χ3n) is 4.05. The second kappa shape index (κ2) is 13.3. The van der Waals surface area contributed by atoms with Crippen LogP contribution < -0.4 is 0 Å². The molecule has 2 heteroatoms. The lowest BCUT2D eigenvalue weighted by atomic mass is 10.1. The van der Waals surface area contributed by atoms with Gasteiger partial charge >= 0.3 is 0 Å². The highest BCUT2D eigenvalue weighted by atomic mass is 28.4. The maximum atomic E-state index is 6.22. The van der Waals surface area contributed by atoms with Crippen molar-refractivity contribution in [3.8, 4) is 0 Å². The minimum absolute atomic E-state index is 0.918. The standard InChI is InChI=1S/C19H38OSi/c1-6-9-11-12-13-14-15-17-19(16-8-3)21(4,5)20-18-10-7-2/h8,17H,3,6-7,9-16,18H2,1-2,4-5H3/b19-17+. The second-order valence-electron chi connectivity index (χ2n) is 6.49. The minimum Gasteiger partial charge on any atom is -0.413 e. The van der Waals surface area contributed by atoms with Crippen LogP contribution in [0, 0.1) is 0 Å². The molecule has 0 unspecified atom stereocenters. The molecule has 0 fully saturated rings. The lowest BCUT2D eigenvalue weighted by Crippen LogP contribution is -2.34. The van der Waals surface area contributed by atoms with Gasteiger partial charge in [0.1, 0.15) is 0 Å². The molecule has 0 radical (unpaired) electrons. The van der Waals surface area contributed by atoms with Gasteiger partial charge in [-0.1, -0.05) is 69.7 Å². The summed E-state index contributed by atoms with van der Waals surface area (Å²) in [5.41, 5.74) is 0. The van der Waals surface area contributed by atoms with E-state index >= 15 is 0 Å². The summed E-state index contributed by atoms with van der Waals surface area (Å²) in [5.74, 6) is 0. The average Bonchev–Trinajstić information content (AvgIpc) is 2.45. The Balaban J connectivity index is 4.18. The predicted octanol–water partition coefficient (Wildman–Crippen LogP) is 6.80. The summed E-state index contributed by atoms with van der Waals surface area (Å²) >= 11 is 0. The van der Waals surface area contributed by atoms with Crippen LogP contribution in [0.2, 0.25) is 13.1 Å². The molecule has 0 amide bonds. The van der Waals surface area contributed by atoms with E-state index < -0.39 is 8.32 Å². The molecule has 0 heterocycles. The summed E-state index contributed by atoms with van der Waals surface area (Å²) in [4.78, 5) is 0. The zero-order valence-electron chi connectivity index (χ0n) is 15.0. The zero-order valence-corrected chi connectivity index (χ0v) is 16.0. The van der Waals surface area contributed by atoms with E-state index in [1.807, 2.05) is 6.08 Å². The Kier molecular flexibility index (Phi) is 13.1. The Labute approximate surface area is 135 Å². The van der Waals surface area contributed by atoms with E-state index in [0.717, 1.165) is 13.0 Å². The van der Waals surface area contributed by atoms with Crippen molar-refractivity contribution in [1.29, 1.82) is 0 Å². The van der Waals surface area contributed by atoms with Gasteiger partial charge in [0, 0.05) is 6.61 Å². The normalized spacial score (nSPS) is 12.7. The first-order valence-corrected chi connectivity index (χ1v) is 11.9. The number of hydrogen-bond acceptors (Lipinski definition) is 1. The highest BCUT2D eigenvalue weighted by Crippen LogP contribution is 2.22. The maximum absolute atomic E-state index is 6.22. The van der Waals surface area contributed by atoms with E-state index in [0.29, 0.717) is 0 Å². The molecule has 0 aliphatic rings. The molecular weight excluding hydrogens is 272 g/mol. The SMILES string of the molecule is C=CC/C(=C\CCCCCCCC)[Si](C)(C)OCCCC. The summed E-state index contributed by atoms with van der Waals surface area (Å²) in [6.07, 6.45) is 17.3. The first kappa shape index (κ1) is 20.7. The summed E-state index contributed by atoms with van der Waals surface area (Å²) in [7, 11) is -1.68. The second-order valence-corrected chi connectivity index (χ2v) is 10.4. The summed E-state index contributed by atoms with van der Waals surface area (Å²) in [6, 6.07) is 0. The van der Waals surface area contributed by atoms with Crippen LogP contribution in [0.3, 0.4) is 0 Å². The van der Waals surface area contributed by atoms with Crippen LogP contribution in [0.1, 0.15) is 78.1 Å². The first-order chi connectivity index (χ1) is 10.1. The molecule has 0 aromatic carbocycles. The van der Waals surface area contributed by atoms with Crippen molar-refractivity contribution in [2.45, 2.75) is 91.1 Å². The molecule has 0 aromatic heterocycles. The largest absolute Gasteiger partial charge is 0.413 e. The predicted molar refractivity (Wildman–Crippen MR) is 99.2 cm³/mol. The van der Waals surface area contributed by atoms with Crippen molar-refractivity contribution < 1.29 is 4.43 Å². The summed E-state index contributed by atoms with van der Waals surface area (Å²) < 4.78 is 6.22. The van der Waals surface area contributed by atoms with E-state index in [9.17, 15) is 0 Å². The molecule has 21 heavy (non-hydrogen) atoms. The summed E-state index contributed by atoms with van der Waals surface area (Å²) in [6.45, 7) is 14.0. The molecule has 1 nitrogen and oxygen atoms in total. The zero-order chi connectivity index (χ0) is 16.0. The molecule has 0 rings (SSSR count). The van der Waals surface area contributed by atoms with Crippen molar-refractivity contribution in [1.82, 2.24) is 0 Å². The molecule has 0 spiro atoms. The third-order valence-corrected chi connectivity index (χ3v) is 6.93. The van der Waals surface area contributed by atoms with Crippen LogP contribution in [-0.4, -0.2) is 14.9 Å². The number of rotatable bonds is 14. The van der Waals surface area contributed by atoms with Gasteiger partial charge in [-0.25, -0.2) is 0 Å². The van der Waals surface area contributed by atoms with Crippen LogP contribution in [0.4, 0.5) is 0 Å². The fourth-order valence-electron chi connectivity index (χ4n) is 2.50. The van der Waals surface area contributed by atoms with Crippen molar-refractivity contribution in [3.05, 3.63) is 23.9 Å². The third kappa shape index (κ3) is 11.0. The Bertz CT molecular complexity index is 281. The Morgan fingerprint density at radius 2 is 1.57 bits per heavy atom. The molecule has 0 aliphatic heterocycles. The van der Waals surface area contributed by atoms with Crippen molar-refractivity contribution in [3.63, 3.8) is 0 Å². The molecule has 0 aliphatic carbocycles. The molecule has 0 N–H and O–H groups in total. The van der Waals surface area contributed by atoms with E-state index in [2.05, 4.69) is 39.6 Å². The fraction of sp³-hybridized carbons (Fsp3) is 0.789. The Morgan fingerprint density at radius 3 is 2.19 bits per heavy atom. The first-order valence-electron chi connectivity index (χ1n) is 9.02. The van der Waals surface area contributed by atoms with Crippen LogP contribution >= 0.6 is 0 Å². The van der Waals surface area contributed by atoms with Crippen molar-refractivity contribution in [2.75, 3.05) is 6.61 Å². The molecule has 0 atom stereocenters. The molecule has 0 aromatic rings. The number of hydrogen-bond donors (Lipinski definition) is 0. The monoisotopic (exact) mass is 310 g/mol. The topological polar surface area (TPSA) is 9.23 Å². The quantitative estimate of drug-likeness (QED) is 0.195.